The van der Waals surface area contributed by atoms with Gasteiger partial charge in [-0.1, -0.05) is 17.3 Å². The van der Waals surface area contributed by atoms with Crippen molar-refractivity contribution in [1.29, 1.82) is 0 Å². The lowest BCUT2D eigenvalue weighted by molar-refractivity contribution is -0.274. The minimum Gasteiger partial charge on any atom is -0.461 e. The van der Waals surface area contributed by atoms with Crippen LogP contribution in [0.15, 0.2) is 51.6 Å². The standard InChI is InChI=1S/C18H13F3N4O5/c1-17(10-4-6-11(7-5-10)29-18(19,20)21)15(26)25(16(27)23-17)9-13-22-14(24-30-13)12-3-2-8-28-12/h2-8H,9H2,1H3,(H,23,27). The van der Waals surface area contributed by atoms with Crippen LogP contribution in [-0.2, 0) is 16.9 Å². The minimum absolute atomic E-state index is 0.00285. The molecule has 1 aromatic carbocycles. The number of halogens is 3. The maximum absolute atomic E-state index is 12.9. The number of benzene rings is 1. The molecular weight excluding hydrogens is 409 g/mol. The normalized spacial score (nSPS) is 19.3. The van der Waals surface area contributed by atoms with E-state index >= 15 is 0 Å². The van der Waals surface area contributed by atoms with Gasteiger partial charge in [-0.3, -0.25) is 9.69 Å². The van der Waals surface area contributed by atoms with E-state index in [1.165, 1.54) is 25.3 Å². The van der Waals surface area contributed by atoms with Crippen molar-refractivity contribution in [1.82, 2.24) is 20.4 Å². The Hall–Kier alpha value is -3.83. The maximum atomic E-state index is 12.9. The van der Waals surface area contributed by atoms with E-state index in [2.05, 4.69) is 20.2 Å². The van der Waals surface area contributed by atoms with E-state index < -0.39 is 29.6 Å². The molecule has 0 bridgehead atoms. The Bertz CT molecular complexity index is 1080. The van der Waals surface area contributed by atoms with Crippen LogP contribution in [0.5, 0.6) is 5.75 Å². The lowest BCUT2D eigenvalue weighted by Crippen LogP contribution is -2.40. The molecule has 156 valence electrons. The SMILES string of the molecule is CC1(c2ccc(OC(F)(F)F)cc2)NC(=O)N(Cc2nc(-c3ccco3)no2)C1=O. The van der Waals surface area contributed by atoms with Crippen molar-refractivity contribution in [3.05, 3.63) is 54.1 Å². The number of ether oxygens (including phenoxy) is 1. The molecule has 1 atom stereocenters. The number of aromatic nitrogens is 2. The van der Waals surface area contributed by atoms with Crippen LogP contribution in [-0.4, -0.2) is 33.3 Å². The molecule has 12 heteroatoms. The number of amides is 3. The first kappa shape index (κ1) is 19.5. The molecular formula is C18H13F3N4O5. The van der Waals surface area contributed by atoms with E-state index in [0.29, 0.717) is 5.76 Å². The van der Waals surface area contributed by atoms with Gasteiger partial charge in [-0.15, -0.1) is 13.2 Å². The van der Waals surface area contributed by atoms with Crippen molar-refractivity contribution < 1.29 is 36.4 Å². The Labute approximate surface area is 166 Å². The van der Waals surface area contributed by atoms with E-state index in [1.54, 1.807) is 12.1 Å². The lowest BCUT2D eigenvalue weighted by atomic mass is 9.92. The van der Waals surface area contributed by atoms with Crippen molar-refractivity contribution in [2.24, 2.45) is 0 Å². The van der Waals surface area contributed by atoms with E-state index in [4.69, 9.17) is 8.94 Å². The summed E-state index contributed by atoms with van der Waals surface area (Å²) in [5.41, 5.74) is -1.21. The molecule has 0 spiro atoms. The molecule has 1 N–H and O–H groups in total. The number of carbonyl (C=O) groups excluding carboxylic acids is 2. The summed E-state index contributed by atoms with van der Waals surface area (Å²) in [5.74, 6) is -0.559. The van der Waals surface area contributed by atoms with E-state index in [0.717, 1.165) is 17.0 Å². The van der Waals surface area contributed by atoms with Crippen LogP contribution in [0.2, 0.25) is 0 Å². The van der Waals surface area contributed by atoms with Gasteiger partial charge in [0.05, 0.1) is 6.26 Å². The molecule has 1 unspecified atom stereocenters. The van der Waals surface area contributed by atoms with Crippen LogP contribution in [0.3, 0.4) is 0 Å². The number of carbonyl (C=O) groups is 2. The first-order valence-corrected chi connectivity index (χ1v) is 8.52. The molecule has 0 saturated carbocycles. The Morgan fingerprint density at radius 3 is 2.57 bits per heavy atom. The fourth-order valence-electron chi connectivity index (χ4n) is 2.99. The summed E-state index contributed by atoms with van der Waals surface area (Å²) in [4.78, 5) is 30.3. The summed E-state index contributed by atoms with van der Waals surface area (Å²) in [7, 11) is 0. The third-order valence-corrected chi connectivity index (χ3v) is 4.44. The minimum atomic E-state index is -4.84. The zero-order chi connectivity index (χ0) is 21.5. The Kier molecular flexibility index (Phi) is 4.48. The van der Waals surface area contributed by atoms with Crippen LogP contribution in [0.1, 0.15) is 18.4 Å². The van der Waals surface area contributed by atoms with Crippen LogP contribution in [0.4, 0.5) is 18.0 Å². The molecule has 30 heavy (non-hydrogen) atoms. The first-order valence-electron chi connectivity index (χ1n) is 8.52. The highest BCUT2D eigenvalue weighted by atomic mass is 19.4. The summed E-state index contributed by atoms with van der Waals surface area (Å²) in [6.07, 6.45) is -3.41. The number of hydrogen-bond donors (Lipinski definition) is 1. The van der Waals surface area contributed by atoms with Crippen molar-refractivity contribution in [3.8, 4) is 17.3 Å². The number of nitrogens with one attached hydrogen (secondary N) is 1. The van der Waals surface area contributed by atoms with E-state index in [9.17, 15) is 22.8 Å². The number of nitrogens with zero attached hydrogens (tertiary/aromatic N) is 3. The van der Waals surface area contributed by atoms with Gasteiger partial charge in [0.15, 0.2) is 5.76 Å². The molecule has 1 saturated heterocycles. The molecule has 1 aliphatic heterocycles. The number of furan rings is 1. The molecule has 4 rings (SSSR count). The highest BCUT2D eigenvalue weighted by Gasteiger charge is 2.49. The second-order valence-corrected chi connectivity index (χ2v) is 6.51. The summed E-state index contributed by atoms with van der Waals surface area (Å²) < 4.78 is 51.0. The monoisotopic (exact) mass is 422 g/mol. The zero-order valence-corrected chi connectivity index (χ0v) is 15.3. The number of alkyl halides is 3. The van der Waals surface area contributed by atoms with Gasteiger partial charge in [0.1, 0.15) is 17.8 Å². The lowest BCUT2D eigenvalue weighted by Gasteiger charge is -2.22. The second kappa shape index (κ2) is 6.90. The predicted molar refractivity (Wildman–Crippen MR) is 91.6 cm³/mol. The average Bonchev–Trinajstić information content (AvgIpc) is 3.39. The van der Waals surface area contributed by atoms with Crippen LogP contribution in [0.25, 0.3) is 11.6 Å². The van der Waals surface area contributed by atoms with Gasteiger partial charge in [-0.2, -0.15) is 4.98 Å². The molecule has 2 aromatic heterocycles. The molecule has 3 heterocycles. The molecule has 0 radical (unpaired) electrons. The van der Waals surface area contributed by atoms with E-state index in [-0.39, 0.29) is 23.8 Å². The van der Waals surface area contributed by atoms with Gasteiger partial charge >= 0.3 is 12.4 Å². The van der Waals surface area contributed by atoms with Crippen molar-refractivity contribution in [2.75, 3.05) is 0 Å². The molecule has 0 aliphatic carbocycles. The van der Waals surface area contributed by atoms with Gasteiger partial charge in [0.25, 0.3) is 5.91 Å². The molecule has 1 aliphatic rings. The van der Waals surface area contributed by atoms with Crippen molar-refractivity contribution in [2.45, 2.75) is 25.4 Å². The van der Waals surface area contributed by atoms with Crippen molar-refractivity contribution in [3.63, 3.8) is 0 Å². The Balaban J connectivity index is 1.52. The van der Waals surface area contributed by atoms with Gasteiger partial charge in [0.2, 0.25) is 11.7 Å². The third kappa shape index (κ3) is 3.58. The molecule has 3 aromatic rings. The summed E-state index contributed by atoms with van der Waals surface area (Å²) in [5, 5.41) is 6.26. The third-order valence-electron chi connectivity index (χ3n) is 4.44. The summed E-state index contributed by atoms with van der Waals surface area (Å²) in [6, 6.07) is 7.20. The topological polar surface area (TPSA) is 111 Å². The first-order chi connectivity index (χ1) is 14.2. The van der Waals surface area contributed by atoms with Crippen LogP contribution in [0, 0.1) is 0 Å². The van der Waals surface area contributed by atoms with Gasteiger partial charge in [-0.05, 0) is 36.8 Å². The zero-order valence-electron chi connectivity index (χ0n) is 15.3. The predicted octanol–water partition coefficient (Wildman–Crippen LogP) is 3.20. The summed E-state index contributed by atoms with van der Waals surface area (Å²) in [6.45, 7) is 1.15. The fraction of sp³-hybridized carbons (Fsp3) is 0.222. The smallest absolute Gasteiger partial charge is 0.461 e. The highest BCUT2D eigenvalue weighted by molar-refractivity contribution is 6.07. The van der Waals surface area contributed by atoms with Gasteiger partial charge in [-0.25, -0.2) is 4.79 Å². The maximum Gasteiger partial charge on any atom is 0.573 e. The van der Waals surface area contributed by atoms with Gasteiger partial charge in [0, 0.05) is 0 Å². The largest absolute Gasteiger partial charge is 0.573 e. The fourth-order valence-corrected chi connectivity index (χ4v) is 2.99. The highest BCUT2D eigenvalue weighted by Crippen LogP contribution is 2.32. The van der Waals surface area contributed by atoms with E-state index in [1.807, 2.05) is 0 Å². The number of imide groups is 1. The summed E-state index contributed by atoms with van der Waals surface area (Å²) >= 11 is 0. The van der Waals surface area contributed by atoms with Crippen molar-refractivity contribution >= 4 is 11.9 Å². The second-order valence-electron chi connectivity index (χ2n) is 6.51. The van der Waals surface area contributed by atoms with Crippen LogP contribution >= 0.6 is 0 Å². The average molecular weight is 422 g/mol. The molecule has 9 nitrogen and oxygen atoms in total. The Morgan fingerprint density at radius 2 is 1.93 bits per heavy atom. The molecule has 3 amide bonds. The number of hydrogen-bond acceptors (Lipinski definition) is 7. The van der Waals surface area contributed by atoms with Gasteiger partial charge < -0.3 is 19.0 Å². The quantitative estimate of drug-likeness (QED) is 0.629. The van der Waals surface area contributed by atoms with Crippen LogP contribution < -0.4 is 10.1 Å². The molecule has 1 fully saturated rings. The number of rotatable bonds is 5. The number of urea groups is 1. The Morgan fingerprint density at radius 1 is 1.20 bits per heavy atom.